The van der Waals surface area contributed by atoms with Crippen LogP contribution in [0.1, 0.15) is 11.6 Å². The van der Waals surface area contributed by atoms with Crippen LogP contribution >= 0.6 is 46.4 Å². The lowest BCUT2D eigenvalue weighted by Crippen LogP contribution is -3.10. The van der Waals surface area contributed by atoms with Crippen LogP contribution in [0.3, 0.4) is 0 Å². The molecule has 0 aliphatic rings. The third-order valence-electron chi connectivity index (χ3n) is 3.66. The van der Waals surface area contributed by atoms with Gasteiger partial charge in [-0.05, 0) is 46.4 Å². The lowest BCUT2D eigenvalue weighted by Gasteiger charge is -2.28. The second-order valence-electron chi connectivity index (χ2n) is 5.60. The summed E-state index contributed by atoms with van der Waals surface area (Å²) in [6.45, 7) is 0. The first kappa shape index (κ1) is 25.6. The summed E-state index contributed by atoms with van der Waals surface area (Å²) in [7, 11) is 4.20. The summed E-state index contributed by atoms with van der Waals surface area (Å²) in [4.78, 5) is 11.3. The van der Waals surface area contributed by atoms with E-state index in [0.29, 0.717) is 5.75 Å². The smallest absolute Gasteiger partial charge is 0.340 e. The van der Waals surface area contributed by atoms with Gasteiger partial charge in [0.05, 0.1) is 21.3 Å². The van der Waals surface area contributed by atoms with E-state index in [1.54, 1.807) is 0 Å². The van der Waals surface area contributed by atoms with E-state index in [9.17, 15) is 20.8 Å². The van der Waals surface area contributed by atoms with Crippen molar-refractivity contribution in [1.82, 2.24) is 15.0 Å². The summed E-state index contributed by atoms with van der Waals surface area (Å²) in [6, 6.07) is 2.95. The number of nitrogens with one attached hydrogen (secondary N) is 3. The van der Waals surface area contributed by atoms with Gasteiger partial charge in [-0.2, -0.15) is 25.4 Å². The van der Waals surface area contributed by atoms with Gasteiger partial charge < -0.3 is 29.9 Å². The SMILES string of the molecule is COc1cc(Nc2nc(C(Cl)(Cl)[NH+]([O-])O)nc(C(Cl)(Cl)[NH+]([O-])O)n2)cc(OC)c1OC. The predicted octanol–water partition coefficient (Wildman–Crippen LogP) is 0.361. The van der Waals surface area contributed by atoms with Crippen LogP contribution in [0.25, 0.3) is 0 Å². The Balaban J connectivity index is 2.63. The number of benzene rings is 1. The van der Waals surface area contributed by atoms with Gasteiger partial charge in [0.2, 0.25) is 23.3 Å². The minimum atomic E-state index is -2.66. The quantitative estimate of drug-likeness (QED) is 0.175. The van der Waals surface area contributed by atoms with Crippen molar-refractivity contribution in [3.63, 3.8) is 0 Å². The van der Waals surface area contributed by atoms with Gasteiger partial charge in [0.25, 0.3) is 0 Å². The van der Waals surface area contributed by atoms with Crippen LogP contribution in [0.5, 0.6) is 17.2 Å². The fourth-order valence-electron chi connectivity index (χ4n) is 2.19. The molecule has 0 fully saturated rings. The number of hydrogen-bond acceptors (Lipinski definition) is 11. The molecule has 1 aromatic carbocycles. The van der Waals surface area contributed by atoms with Gasteiger partial charge in [-0.1, -0.05) is 0 Å². The molecule has 0 radical (unpaired) electrons. The Labute approximate surface area is 195 Å². The number of aromatic nitrogens is 3. The molecule has 0 aliphatic heterocycles. The Hall–Kier alpha value is -1.65. The number of quaternary nitrogens is 2. The second kappa shape index (κ2) is 9.87. The molecule has 172 valence electrons. The summed E-state index contributed by atoms with van der Waals surface area (Å²) in [5, 5.41) is 40.6. The Bertz CT molecular complexity index is 871. The Morgan fingerprint density at radius 2 is 1.26 bits per heavy atom. The molecule has 0 aliphatic carbocycles. The summed E-state index contributed by atoms with van der Waals surface area (Å²) >= 11 is 23.2. The first-order valence-corrected chi connectivity index (χ1v) is 9.46. The molecule has 5 N–H and O–H groups in total. The number of anilines is 2. The van der Waals surface area contributed by atoms with Crippen molar-refractivity contribution in [3.05, 3.63) is 34.2 Å². The number of ether oxygens (including phenoxy) is 3. The number of hydroxylamine groups is 4. The van der Waals surface area contributed by atoms with E-state index in [4.69, 9.17) is 60.6 Å². The topological polar surface area (TPSA) is 174 Å². The molecule has 2 rings (SSSR count). The fourth-order valence-corrected chi connectivity index (χ4v) is 2.52. The molecule has 2 unspecified atom stereocenters. The zero-order valence-electron chi connectivity index (χ0n) is 15.9. The largest absolute Gasteiger partial charge is 0.597 e. The average Bonchev–Trinajstić information content (AvgIpc) is 2.72. The normalized spacial score (nSPS) is 14.0. The molecule has 0 bridgehead atoms. The van der Waals surface area contributed by atoms with Gasteiger partial charge in [0.1, 0.15) is 0 Å². The van der Waals surface area contributed by atoms with Crippen LogP contribution in [-0.2, 0) is 8.91 Å². The van der Waals surface area contributed by atoms with E-state index >= 15 is 0 Å². The number of halogens is 4. The van der Waals surface area contributed by atoms with Gasteiger partial charge in [0, 0.05) is 17.8 Å². The second-order valence-corrected chi connectivity index (χ2v) is 8.26. The first-order valence-electron chi connectivity index (χ1n) is 7.94. The highest BCUT2D eigenvalue weighted by molar-refractivity contribution is 6.46. The van der Waals surface area contributed by atoms with Crippen molar-refractivity contribution in [2.24, 2.45) is 0 Å². The van der Waals surface area contributed by atoms with Gasteiger partial charge in [0.15, 0.2) is 11.5 Å². The van der Waals surface area contributed by atoms with Crippen molar-refractivity contribution in [3.8, 4) is 17.2 Å². The van der Waals surface area contributed by atoms with Gasteiger partial charge >= 0.3 is 8.91 Å². The molecule has 2 aromatic rings. The molecule has 17 heteroatoms. The summed E-state index contributed by atoms with van der Waals surface area (Å²) < 4.78 is 10.4. The van der Waals surface area contributed by atoms with Crippen LogP contribution in [0.4, 0.5) is 11.6 Å². The van der Waals surface area contributed by atoms with E-state index in [2.05, 4.69) is 20.3 Å². The van der Waals surface area contributed by atoms with Crippen molar-refractivity contribution < 1.29 is 35.1 Å². The van der Waals surface area contributed by atoms with Crippen molar-refractivity contribution in [2.45, 2.75) is 8.91 Å². The van der Waals surface area contributed by atoms with E-state index in [1.807, 2.05) is 0 Å². The lowest BCUT2D eigenvalue weighted by atomic mass is 10.2. The number of nitrogens with zero attached hydrogens (tertiary/aromatic N) is 3. The first-order chi connectivity index (χ1) is 14.4. The molecule has 2 atom stereocenters. The molecular formula is C14H16Cl4N6O7. The average molecular weight is 522 g/mol. The van der Waals surface area contributed by atoms with Crippen LogP contribution in [-0.4, -0.2) is 46.7 Å². The summed E-state index contributed by atoms with van der Waals surface area (Å²) in [5.74, 6) is -0.991. The molecular weight excluding hydrogens is 506 g/mol. The lowest BCUT2D eigenvalue weighted by molar-refractivity contribution is -1.07. The molecule has 1 heterocycles. The van der Waals surface area contributed by atoms with Crippen LogP contribution in [0.15, 0.2) is 12.1 Å². The highest BCUT2D eigenvalue weighted by Crippen LogP contribution is 2.40. The maximum Gasteiger partial charge on any atom is 0.340 e. The monoisotopic (exact) mass is 520 g/mol. The molecule has 1 aromatic heterocycles. The maximum atomic E-state index is 11.4. The van der Waals surface area contributed by atoms with Crippen molar-refractivity contribution in [2.75, 3.05) is 26.6 Å². The standard InChI is InChI=1S/C14H16Cl4N6O7/c1-29-7-4-6(5-8(30-2)9(7)31-3)19-12-21-10(13(15,16)23(25)26)20-11(22-12)14(17,18)24(27)28/h4-5,23-25,27H,1-3H3,(H,19,20,21,22). The molecule has 0 saturated heterocycles. The highest BCUT2D eigenvalue weighted by Gasteiger charge is 2.44. The Morgan fingerprint density at radius 3 is 1.58 bits per heavy atom. The number of methoxy groups -OCH3 is 3. The Kier molecular flexibility index (Phi) is 8.15. The minimum Gasteiger partial charge on any atom is -0.597 e. The molecule has 0 spiro atoms. The minimum absolute atomic E-state index is 0.267. The Morgan fingerprint density at radius 1 is 0.839 bits per heavy atom. The molecule has 0 saturated carbocycles. The van der Waals surface area contributed by atoms with Crippen LogP contribution in [0.2, 0.25) is 0 Å². The van der Waals surface area contributed by atoms with Crippen LogP contribution in [0, 0.1) is 10.4 Å². The zero-order chi connectivity index (χ0) is 23.6. The van der Waals surface area contributed by atoms with Crippen molar-refractivity contribution >= 4 is 58.0 Å². The molecule has 0 amide bonds. The summed E-state index contributed by atoms with van der Waals surface area (Å²) in [6.07, 6.45) is 0. The fraction of sp³-hybridized carbons (Fsp3) is 0.357. The van der Waals surface area contributed by atoms with E-state index in [1.165, 1.54) is 33.5 Å². The molecule has 31 heavy (non-hydrogen) atoms. The number of hydrogen-bond donors (Lipinski definition) is 5. The maximum absolute atomic E-state index is 11.4. The zero-order valence-corrected chi connectivity index (χ0v) is 19.0. The number of rotatable bonds is 9. The van der Waals surface area contributed by atoms with Gasteiger partial charge in [-0.25, -0.2) is 10.4 Å². The third kappa shape index (κ3) is 5.40. The highest BCUT2D eigenvalue weighted by atomic mass is 35.5. The number of alkyl halides is 4. The predicted molar refractivity (Wildman–Crippen MR) is 108 cm³/mol. The van der Waals surface area contributed by atoms with Crippen molar-refractivity contribution in [1.29, 1.82) is 0 Å². The van der Waals surface area contributed by atoms with Crippen LogP contribution < -0.4 is 30.0 Å². The van der Waals surface area contributed by atoms with E-state index in [-0.39, 0.29) is 23.1 Å². The molecule has 13 nitrogen and oxygen atoms in total. The van der Waals surface area contributed by atoms with E-state index in [0.717, 1.165) is 0 Å². The van der Waals surface area contributed by atoms with Gasteiger partial charge in [-0.15, -0.1) is 0 Å². The third-order valence-corrected chi connectivity index (χ3v) is 4.98. The summed E-state index contributed by atoms with van der Waals surface area (Å²) in [5.41, 5.74) is 0.271. The van der Waals surface area contributed by atoms with Gasteiger partial charge in [-0.3, -0.25) is 0 Å². The van der Waals surface area contributed by atoms with E-state index < -0.39 is 31.0 Å².